The summed E-state index contributed by atoms with van der Waals surface area (Å²) in [6.45, 7) is 4.31. The number of Topliss-reactive ketones (excluding diaryl/α,β-unsaturated/α-hetero) is 1. The molecular weight excluding hydrogens is 306 g/mol. The molecule has 2 bridgehead atoms. The Morgan fingerprint density at radius 2 is 1.96 bits per heavy atom. The van der Waals surface area contributed by atoms with Crippen LogP contribution in [0.5, 0.6) is 0 Å². The fourth-order valence-corrected chi connectivity index (χ4v) is 6.48. The van der Waals surface area contributed by atoms with Crippen LogP contribution < -0.4 is 0 Å². The Hall–Kier alpha value is -1.39. The Morgan fingerprint density at radius 1 is 1.17 bits per heavy atom. The summed E-state index contributed by atoms with van der Waals surface area (Å²) < 4.78 is 5.51. The lowest BCUT2D eigenvalue weighted by atomic mass is 9.50. The number of fused-ring (bicyclic) bond motifs is 3. The zero-order chi connectivity index (χ0) is 17.1. The SMILES string of the molecule is C[C@]1([C@H]2CC[C@]3(C)C(=O)CC[C@H]3[C@@H]2/C=N/O)CC[C@H]2C[C@@H]1C(=O)O2. The molecular formula is C19H27NO4. The number of nitrogens with zero attached hydrogens (tertiary/aromatic N) is 1. The second-order valence-electron chi connectivity index (χ2n) is 8.86. The van der Waals surface area contributed by atoms with Crippen molar-refractivity contribution >= 4 is 18.0 Å². The topological polar surface area (TPSA) is 76.0 Å². The van der Waals surface area contributed by atoms with E-state index in [1.165, 1.54) is 0 Å². The molecule has 4 rings (SSSR count). The molecule has 4 aliphatic rings. The summed E-state index contributed by atoms with van der Waals surface area (Å²) in [6, 6.07) is 0. The first-order valence-corrected chi connectivity index (χ1v) is 9.31. The highest BCUT2D eigenvalue weighted by Crippen LogP contribution is 2.62. The Kier molecular flexibility index (Phi) is 3.56. The first-order valence-electron chi connectivity index (χ1n) is 9.31. The third-order valence-corrected chi connectivity index (χ3v) is 7.99. The van der Waals surface area contributed by atoms with Crippen molar-refractivity contribution in [3.8, 4) is 0 Å². The molecule has 1 saturated heterocycles. The minimum atomic E-state index is -0.286. The fourth-order valence-electron chi connectivity index (χ4n) is 6.48. The first kappa shape index (κ1) is 16.1. The van der Waals surface area contributed by atoms with Gasteiger partial charge in [-0.05, 0) is 55.8 Å². The number of esters is 1. The first-order chi connectivity index (χ1) is 11.4. The molecule has 0 unspecified atom stereocenters. The number of ketones is 1. The summed E-state index contributed by atoms with van der Waals surface area (Å²) in [4.78, 5) is 24.8. The highest BCUT2D eigenvalue weighted by atomic mass is 16.6. The number of hydrogen-bond donors (Lipinski definition) is 1. The van der Waals surface area contributed by atoms with Crippen molar-refractivity contribution in [2.24, 2.45) is 39.7 Å². The predicted molar refractivity (Wildman–Crippen MR) is 87.7 cm³/mol. The smallest absolute Gasteiger partial charge is 0.309 e. The molecule has 3 aliphatic carbocycles. The van der Waals surface area contributed by atoms with E-state index in [4.69, 9.17) is 4.74 Å². The van der Waals surface area contributed by atoms with Crippen molar-refractivity contribution in [1.82, 2.24) is 0 Å². The van der Waals surface area contributed by atoms with Gasteiger partial charge in [0.1, 0.15) is 11.9 Å². The Bertz CT molecular complexity index is 602. The van der Waals surface area contributed by atoms with Crippen molar-refractivity contribution in [2.45, 2.75) is 64.9 Å². The van der Waals surface area contributed by atoms with E-state index >= 15 is 0 Å². The second-order valence-corrected chi connectivity index (χ2v) is 8.86. The Morgan fingerprint density at radius 3 is 2.71 bits per heavy atom. The lowest BCUT2D eigenvalue weighted by Crippen LogP contribution is -2.51. The summed E-state index contributed by atoms with van der Waals surface area (Å²) in [5.74, 6) is 0.833. The average molecular weight is 333 g/mol. The van der Waals surface area contributed by atoms with Crippen LogP contribution in [-0.2, 0) is 14.3 Å². The van der Waals surface area contributed by atoms with Crippen molar-refractivity contribution < 1.29 is 19.5 Å². The van der Waals surface area contributed by atoms with Gasteiger partial charge in [0.15, 0.2) is 0 Å². The monoisotopic (exact) mass is 333 g/mol. The second kappa shape index (κ2) is 5.30. The number of oxime groups is 1. The van der Waals surface area contributed by atoms with Crippen molar-refractivity contribution in [3.63, 3.8) is 0 Å². The quantitative estimate of drug-likeness (QED) is 0.364. The summed E-state index contributed by atoms with van der Waals surface area (Å²) in [6.07, 6.45) is 7.80. The largest absolute Gasteiger partial charge is 0.462 e. The standard InChI is InChI=1S/C19H27NO4/c1-18(7-5-11-9-15(18)17(22)24-11)14-6-8-19(2)13(3-4-16(19)21)12(14)10-20-23/h10-15,23H,3-9H2,1-2H3/b20-10+/t11-,12-,13-,14-,15+,18+,19-/m0/s1. The fraction of sp³-hybridized carbons (Fsp3) is 0.842. The third kappa shape index (κ3) is 2.02. The molecule has 0 aromatic heterocycles. The Labute approximate surface area is 142 Å². The van der Waals surface area contributed by atoms with Crippen molar-refractivity contribution in [2.75, 3.05) is 0 Å². The van der Waals surface area contributed by atoms with Crippen LogP contribution in [-0.4, -0.2) is 29.3 Å². The maximum Gasteiger partial charge on any atom is 0.309 e. The molecule has 0 aromatic carbocycles. The molecule has 0 radical (unpaired) electrons. The van der Waals surface area contributed by atoms with E-state index in [-0.39, 0.29) is 46.6 Å². The highest BCUT2D eigenvalue weighted by Gasteiger charge is 2.61. The lowest BCUT2D eigenvalue weighted by molar-refractivity contribution is -0.147. The number of carbonyl (C=O) groups excluding carboxylic acids is 2. The van der Waals surface area contributed by atoms with Crippen molar-refractivity contribution in [1.29, 1.82) is 0 Å². The number of ether oxygens (including phenoxy) is 1. The predicted octanol–water partition coefficient (Wildman–Crippen LogP) is 3.19. The van der Waals surface area contributed by atoms with Gasteiger partial charge in [-0.15, -0.1) is 5.16 Å². The van der Waals surface area contributed by atoms with E-state index in [1.54, 1.807) is 6.21 Å². The van der Waals surface area contributed by atoms with Crippen LogP contribution in [0.15, 0.2) is 5.16 Å². The van der Waals surface area contributed by atoms with Crippen LogP contribution >= 0.6 is 0 Å². The number of hydrogen-bond acceptors (Lipinski definition) is 5. The van der Waals surface area contributed by atoms with E-state index < -0.39 is 0 Å². The van der Waals surface area contributed by atoms with E-state index in [1.807, 2.05) is 0 Å². The van der Waals surface area contributed by atoms with Crippen LogP contribution in [0.2, 0.25) is 0 Å². The van der Waals surface area contributed by atoms with Crippen LogP contribution in [0.25, 0.3) is 0 Å². The molecule has 7 atom stereocenters. The molecule has 0 amide bonds. The maximum atomic E-state index is 12.4. The maximum absolute atomic E-state index is 12.4. The molecule has 1 heterocycles. The van der Waals surface area contributed by atoms with Crippen LogP contribution in [0, 0.1) is 34.5 Å². The minimum Gasteiger partial charge on any atom is -0.462 e. The molecule has 5 heteroatoms. The minimum absolute atomic E-state index is 0.0442. The molecule has 0 aromatic rings. The van der Waals surface area contributed by atoms with E-state index in [0.29, 0.717) is 12.2 Å². The average Bonchev–Trinajstić information content (AvgIpc) is 3.03. The Balaban J connectivity index is 1.70. The lowest BCUT2D eigenvalue weighted by Gasteiger charge is -2.52. The summed E-state index contributed by atoms with van der Waals surface area (Å²) >= 11 is 0. The zero-order valence-electron chi connectivity index (χ0n) is 14.5. The van der Waals surface area contributed by atoms with Crippen LogP contribution in [0.4, 0.5) is 0 Å². The number of carbonyl (C=O) groups is 2. The van der Waals surface area contributed by atoms with Gasteiger partial charge in [0, 0.05) is 24.0 Å². The zero-order valence-corrected chi connectivity index (χ0v) is 14.5. The van der Waals surface area contributed by atoms with Gasteiger partial charge in [-0.25, -0.2) is 0 Å². The van der Waals surface area contributed by atoms with Gasteiger partial charge in [0.25, 0.3) is 0 Å². The molecule has 3 saturated carbocycles. The molecule has 0 spiro atoms. The van der Waals surface area contributed by atoms with E-state index in [2.05, 4.69) is 19.0 Å². The van der Waals surface area contributed by atoms with Gasteiger partial charge in [-0.3, -0.25) is 9.59 Å². The van der Waals surface area contributed by atoms with Crippen LogP contribution in [0.1, 0.15) is 58.8 Å². The van der Waals surface area contributed by atoms with Gasteiger partial charge in [-0.1, -0.05) is 13.8 Å². The van der Waals surface area contributed by atoms with Crippen molar-refractivity contribution in [3.05, 3.63) is 0 Å². The molecule has 1 aliphatic heterocycles. The normalized spacial score (nSPS) is 51.0. The van der Waals surface area contributed by atoms with Gasteiger partial charge in [0.2, 0.25) is 0 Å². The summed E-state index contributed by atoms with van der Waals surface area (Å²) in [7, 11) is 0. The van der Waals surface area contributed by atoms with Gasteiger partial charge in [0.05, 0.1) is 5.92 Å². The van der Waals surface area contributed by atoms with Crippen LogP contribution in [0.3, 0.4) is 0 Å². The molecule has 1 N–H and O–H groups in total. The molecule has 5 nitrogen and oxygen atoms in total. The summed E-state index contributed by atoms with van der Waals surface area (Å²) in [5.41, 5.74) is -0.408. The summed E-state index contributed by atoms with van der Waals surface area (Å²) in [5, 5.41) is 12.6. The van der Waals surface area contributed by atoms with Gasteiger partial charge in [-0.2, -0.15) is 0 Å². The van der Waals surface area contributed by atoms with Gasteiger partial charge < -0.3 is 9.94 Å². The van der Waals surface area contributed by atoms with E-state index in [9.17, 15) is 14.8 Å². The van der Waals surface area contributed by atoms with Gasteiger partial charge >= 0.3 is 5.97 Å². The molecule has 4 fully saturated rings. The third-order valence-electron chi connectivity index (χ3n) is 7.99. The molecule has 132 valence electrons. The molecule has 24 heavy (non-hydrogen) atoms. The highest BCUT2D eigenvalue weighted by molar-refractivity contribution is 5.88. The van der Waals surface area contributed by atoms with E-state index in [0.717, 1.165) is 38.5 Å². The number of rotatable bonds is 2.